The van der Waals surface area contributed by atoms with Crippen LogP contribution < -0.4 is 0 Å². The van der Waals surface area contributed by atoms with Crippen molar-refractivity contribution < 1.29 is 9.32 Å². The molecule has 0 bridgehead atoms. The van der Waals surface area contributed by atoms with E-state index in [0.717, 1.165) is 18.2 Å². The molecule has 4 heteroatoms. The second kappa shape index (κ2) is 4.36. The van der Waals surface area contributed by atoms with Gasteiger partial charge in [-0.05, 0) is 31.6 Å². The highest BCUT2D eigenvalue weighted by Crippen LogP contribution is 2.41. The summed E-state index contributed by atoms with van der Waals surface area (Å²) in [5.41, 5.74) is 0.518. The lowest BCUT2D eigenvalue weighted by atomic mass is 9.84. The van der Waals surface area contributed by atoms with E-state index in [0.29, 0.717) is 17.7 Å². The second-order valence-electron chi connectivity index (χ2n) is 6.31. The molecule has 19 heavy (non-hydrogen) atoms. The zero-order chi connectivity index (χ0) is 12.8. The average Bonchev–Trinajstić information content (AvgIpc) is 3.15. The lowest BCUT2D eigenvalue weighted by Crippen LogP contribution is -2.58. The molecule has 0 spiro atoms. The van der Waals surface area contributed by atoms with E-state index in [2.05, 4.69) is 5.16 Å². The van der Waals surface area contributed by atoms with Crippen LogP contribution in [0, 0.1) is 5.92 Å². The van der Waals surface area contributed by atoms with Crippen LogP contribution >= 0.6 is 0 Å². The molecule has 102 valence electrons. The molecule has 2 atom stereocenters. The SMILES string of the molecule is O=C(c1cc(C2CC2)on1)N1C[C@@H]2CCCCC[C@H]21. The third kappa shape index (κ3) is 1.97. The summed E-state index contributed by atoms with van der Waals surface area (Å²) in [6, 6.07) is 2.33. The summed E-state index contributed by atoms with van der Waals surface area (Å²) >= 11 is 0. The zero-order valence-electron chi connectivity index (χ0n) is 11.2. The van der Waals surface area contributed by atoms with Gasteiger partial charge in [-0.1, -0.05) is 24.4 Å². The van der Waals surface area contributed by atoms with Gasteiger partial charge in [0, 0.05) is 24.6 Å². The molecule has 0 unspecified atom stereocenters. The Kier molecular flexibility index (Phi) is 2.64. The monoisotopic (exact) mass is 260 g/mol. The van der Waals surface area contributed by atoms with Crippen molar-refractivity contribution >= 4 is 5.91 Å². The highest BCUT2D eigenvalue weighted by atomic mass is 16.5. The highest BCUT2D eigenvalue weighted by molar-refractivity contribution is 5.93. The van der Waals surface area contributed by atoms with Gasteiger partial charge in [-0.25, -0.2) is 0 Å². The van der Waals surface area contributed by atoms with Gasteiger partial charge in [0.05, 0.1) is 0 Å². The fraction of sp³-hybridized carbons (Fsp3) is 0.733. The predicted molar refractivity (Wildman–Crippen MR) is 69.9 cm³/mol. The molecule has 4 nitrogen and oxygen atoms in total. The Morgan fingerprint density at radius 2 is 2.05 bits per heavy atom. The van der Waals surface area contributed by atoms with E-state index >= 15 is 0 Å². The molecule has 1 aromatic heterocycles. The number of aromatic nitrogens is 1. The molecule has 1 aliphatic heterocycles. The summed E-state index contributed by atoms with van der Waals surface area (Å²) in [7, 11) is 0. The Morgan fingerprint density at radius 1 is 1.21 bits per heavy atom. The van der Waals surface area contributed by atoms with Crippen molar-refractivity contribution in [1.29, 1.82) is 0 Å². The number of rotatable bonds is 2. The number of carbonyl (C=O) groups is 1. The molecule has 0 aromatic carbocycles. The minimum absolute atomic E-state index is 0.0822. The minimum Gasteiger partial charge on any atom is -0.360 e. The standard InChI is InChI=1S/C15H20N2O2/c18-15(12-8-14(19-16-12)10-6-7-10)17-9-11-4-2-1-3-5-13(11)17/h8,10-11,13H,1-7,9H2/t11-,13+/m0/s1. The Balaban J connectivity index is 1.47. The molecule has 2 saturated carbocycles. The van der Waals surface area contributed by atoms with Crippen molar-refractivity contribution in [3.8, 4) is 0 Å². The van der Waals surface area contributed by atoms with Gasteiger partial charge in [0.15, 0.2) is 5.69 Å². The number of amides is 1. The van der Waals surface area contributed by atoms with Crippen LogP contribution in [0.1, 0.15) is 67.1 Å². The molecule has 2 heterocycles. The van der Waals surface area contributed by atoms with Crippen molar-refractivity contribution in [2.45, 2.75) is 56.9 Å². The van der Waals surface area contributed by atoms with E-state index < -0.39 is 0 Å². The summed E-state index contributed by atoms with van der Waals surface area (Å²) in [6.07, 6.45) is 8.74. The van der Waals surface area contributed by atoms with Gasteiger partial charge in [-0.15, -0.1) is 0 Å². The van der Waals surface area contributed by atoms with Crippen LogP contribution in [-0.4, -0.2) is 28.6 Å². The third-order valence-electron chi connectivity index (χ3n) is 4.94. The molecule has 0 radical (unpaired) electrons. The Bertz CT molecular complexity index is 492. The first-order valence-electron chi connectivity index (χ1n) is 7.60. The van der Waals surface area contributed by atoms with Crippen LogP contribution in [0.15, 0.2) is 10.6 Å². The predicted octanol–water partition coefficient (Wildman–Crippen LogP) is 2.96. The second-order valence-corrected chi connectivity index (χ2v) is 6.31. The molecule has 0 N–H and O–H groups in total. The maximum atomic E-state index is 12.5. The maximum Gasteiger partial charge on any atom is 0.276 e. The van der Waals surface area contributed by atoms with Crippen LogP contribution in [0.25, 0.3) is 0 Å². The Hall–Kier alpha value is -1.32. The molecular formula is C15H20N2O2. The highest BCUT2D eigenvalue weighted by Gasteiger charge is 2.43. The summed E-state index contributed by atoms with van der Waals surface area (Å²) in [6.45, 7) is 0.926. The summed E-state index contributed by atoms with van der Waals surface area (Å²) in [5, 5.41) is 3.98. The number of hydrogen-bond acceptors (Lipinski definition) is 3. The number of nitrogens with zero attached hydrogens (tertiary/aromatic N) is 2. The summed E-state index contributed by atoms with van der Waals surface area (Å²) in [4.78, 5) is 14.5. The van der Waals surface area contributed by atoms with Crippen molar-refractivity contribution in [1.82, 2.24) is 10.1 Å². The number of hydrogen-bond donors (Lipinski definition) is 0. The van der Waals surface area contributed by atoms with Crippen LogP contribution in [0.3, 0.4) is 0 Å². The normalized spacial score (nSPS) is 30.4. The lowest BCUT2D eigenvalue weighted by Gasteiger charge is -2.47. The minimum atomic E-state index is 0.0822. The van der Waals surface area contributed by atoms with Crippen molar-refractivity contribution in [3.05, 3.63) is 17.5 Å². The first kappa shape index (κ1) is 11.5. The number of likely N-dealkylation sites (tertiary alicyclic amines) is 1. The first-order valence-corrected chi connectivity index (χ1v) is 7.60. The topological polar surface area (TPSA) is 46.3 Å². The van der Waals surface area contributed by atoms with E-state index in [1.165, 1.54) is 44.9 Å². The zero-order valence-corrected chi connectivity index (χ0v) is 11.2. The Morgan fingerprint density at radius 3 is 2.89 bits per heavy atom. The molecule has 1 aromatic rings. The summed E-state index contributed by atoms with van der Waals surface area (Å²) < 4.78 is 5.29. The average molecular weight is 260 g/mol. The van der Waals surface area contributed by atoms with Crippen LogP contribution in [0.2, 0.25) is 0 Å². The van der Waals surface area contributed by atoms with E-state index in [1.807, 2.05) is 11.0 Å². The molecule has 1 amide bonds. The molecule has 1 saturated heterocycles. The van der Waals surface area contributed by atoms with Gasteiger partial charge in [0.25, 0.3) is 5.91 Å². The molecule has 4 rings (SSSR count). The van der Waals surface area contributed by atoms with E-state index in [-0.39, 0.29) is 5.91 Å². The maximum absolute atomic E-state index is 12.5. The van der Waals surface area contributed by atoms with Gasteiger partial charge >= 0.3 is 0 Å². The van der Waals surface area contributed by atoms with E-state index in [1.54, 1.807) is 0 Å². The number of fused-ring (bicyclic) bond motifs is 1. The van der Waals surface area contributed by atoms with E-state index in [9.17, 15) is 4.79 Å². The fourth-order valence-electron chi connectivity index (χ4n) is 3.57. The van der Waals surface area contributed by atoms with Crippen molar-refractivity contribution in [2.75, 3.05) is 6.54 Å². The summed E-state index contributed by atoms with van der Waals surface area (Å²) in [5.74, 6) is 2.25. The van der Waals surface area contributed by atoms with Crippen molar-refractivity contribution in [2.24, 2.45) is 5.92 Å². The molecule has 3 fully saturated rings. The quantitative estimate of drug-likeness (QED) is 0.821. The first-order chi connectivity index (χ1) is 9.33. The molecule has 2 aliphatic carbocycles. The van der Waals surface area contributed by atoms with Crippen LogP contribution in [0.5, 0.6) is 0 Å². The largest absolute Gasteiger partial charge is 0.360 e. The van der Waals surface area contributed by atoms with Gasteiger partial charge in [0.1, 0.15) is 5.76 Å². The van der Waals surface area contributed by atoms with E-state index in [4.69, 9.17) is 4.52 Å². The van der Waals surface area contributed by atoms with Gasteiger partial charge in [-0.2, -0.15) is 0 Å². The molecular weight excluding hydrogens is 240 g/mol. The van der Waals surface area contributed by atoms with Gasteiger partial charge in [-0.3, -0.25) is 4.79 Å². The number of carbonyl (C=O) groups excluding carboxylic acids is 1. The van der Waals surface area contributed by atoms with Crippen LogP contribution in [-0.2, 0) is 0 Å². The fourth-order valence-corrected chi connectivity index (χ4v) is 3.57. The van der Waals surface area contributed by atoms with Gasteiger partial charge in [0.2, 0.25) is 0 Å². The molecule has 3 aliphatic rings. The lowest BCUT2D eigenvalue weighted by molar-refractivity contribution is 0.0114. The van der Waals surface area contributed by atoms with Gasteiger partial charge < -0.3 is 9.42 Å². The third-order valence-corrected chi connectivity index (χ3v) is 4.94. The van der Waals surface area contributed by atoms with Crippen molar-refractivity contribution in [3.63, 3.8) is 0 Å². The Labute approximate surface area is 113 Å². The smallest absolute Gasteiger partial charge is 0.276 e. The van der Waals surface area contributed by atoms with Crippen LogP contribution in [0.4, 0.5) is 0 Å².